The van der Waals surface area contributed by atoms with Crippen molar-refractivity contribution in [1.29, 1.82) is 0 Å². The Labute approximate surface area is 199 Å². The van der Waals surface area contributed by atoms with E-state index in [1.807, 2.05) is 0 Å². The third-order valence-corrected chi connectivity index (χ3v) is 7.58. The largest absolute Gasteiger partial charge is 0.465 e. The summed E-state index contributed by atoms with van der Waals surface area (Å²) in [5.74, 6) is -0.648. The lowest BCUT2D eigenvalue weighted by molar-refractivity contribution is -0.113. The molecule has 0 spiro atoms. The number of rotatable bonds is 9. The molecule has 1 aliphatic carbocycles. The molecule has 3 aromatic rings. The molecule has 10 heteroatoms. The molecule has 1 aromatic carbocycles. The lowest BCUT2D eigenvalue weighted by Crippen LogP contribution is -2.25. The van der Waals surface area contributed by atoms with Crippen molar-refractivity contribution in [2.75, 3.05) is 31.9 Å². The van der Waals surface area contributed by atoms with Gasteiger partial charge in [-0.2, -0.15) is 0 Å². The van der Waals surface area contributed by atoms with Gasteiger partial charge in [0.05, 0.1) is 23.8 Å². The third-order valence-electron chi connectivity index (χ3n) is 5.42. The van der Waals surface area contributed by atoms with Crippen LogP contribution in [0.5, 0.6) is 0 Å². The van der Waals surface area contributed by atoms with Crippen LogP contribution in [0.15, 0.2) is 34.2 Å². The average molecular weight is 488 g/mol. The highest BCUT2D eigenvalue weighted by Crippen LogP contribution is 2.35. The summed E-state index contributed by atoms with van der Waals surface area (Å²) >= 11 is 2.82. The normalized spacial score (nSPS) is 12.7. The fraction of sp³-hybridized carbons (Fsp3) is 0.391. The smallest absolute Gasteiger partial charge is 0.337 e. The second-order valence-electron chi connectivity index (χ2n) is 7.64. The first kappa shape index (κ1) is 23.5. The van der Waals surface area contributed by atoms with E-state index in [4.69, 9.17) is 14.5 Å². The van der Waals surface area contributed by atoms with Crippen LogP contribution < -0.4 is 10.9 Å². The number of aryl methyl sites for hydroxylation is 2. The van der Waals surface area contributed by atoms with Crippen molar-refractivity contribution in [2.45, 2.75) is 37.4 Å². The molecule has 1 aliphatic rings. The zero-order chi connectivity index (χ0) is 23.4. The van der Waals surface area contributed by atoms with Gasteiger partial charge in [-0.3, -0.25) is 14.2 Å². The maximum Gasteiger partial charge on any atom is 0.337 e. The fourth-order valence-electron chi connectivity index (χ4n) is 3.90. The summed E-state index contributed by atoms with van der Waals surface area (Å²) in [5.41, 5.74) is 1.96. The summed E-state index contributed by atoms with van der Waals surface area (Å²) in [6.07, 6.45) is 3.67. The first-order valence-corrected chi connectivity index (χ1v) is 12.5. The van der Waals surface area contributed by atoms with E-state index in [1.54, 1.807) is 47.3 Å². The number of nitrogens with zero attached hydrogens (tertiary/aromatic N) is 2. The Hall–Kier alpha value is -2.69. The topological polar surface area (TPSA) is 99.5 Å². The summed E-state index contributed by atoms with van der Waals surface area (Å²) in [6.45, 7) is 1.01. The minimum Gasteiger partial charge on any atom is -0.465 e. The Balaban J connectivity index is 1.54. The Kier molecular flexibility index (Phi) is 7.46. The van der Waals surface area contributed by atoms with Crippen LogP contribution in [0.1, 0.15) is 33.6 Å². The molecule has 1 N–H and O–H groups in total. The van der Waals surface area contributed by atoms with Gasteiger partial charge in [-0.05, 0) is 49.4 Å². The van der Waals surface area contributed by atoms with E-state index in [9.17, 15) is 14.4 Å². The van der Waals surface area contributed by atoms with Gasteiger partial charge in [0.15, 0.2) is 5.16 Å². The predicted molar refractivity (Wildman–Crippen MR) is 130 cm³/mol. The van der Waals surface area contributed by atoms with E-state index < -0.39 is 5.97 Å². The number of carbonyl (C=O) groups excluding carboxylic acids is 2. The lowest BCUT2D eigenvalue weighted by atomic mass is 10.2. The minimum atomic E-state index is -0.471. The molecule has 0 radical (unpaired) electrons. The van der Waals surface area contributed by atoms with Crippen molar-refractivity contribution in [3.63, 3.8) is 0 Å². The van der Waals surface area contributed by atoms with E-state index in [0.29, 0.717) is 36.0 Å². The van der Waals surface area contributed by atoms with Gasteiger partial charge >= 0.3 is 5.97 Å². The van der Waals surface area contributed by atoms with Gasteiger partial charge in [0.1, 0.15) is 4.83 Å². The van der Waals surface area contributed by atoms with E-state index in [-0.39, 0.29) is 17.2 Å². The number of hydrogen-bond acceptors (Lipinski definition) is 8. The molecule has 0 fully saturated rings. The molecule has 33 heavy (non-hydrogen) atoms. The van der Waals surface area contributed by atoms with Crippen molar-refractivity contribution in [3.05, 3.63) is 50.6 Å². The van der Waals surface area contributed by atoms with Crippen molar-refractivity contribution < 1.29 is 19.1 Å². The summed E-state index contributed by atoms with van der Waals surface area (Å²) in [4.78, 5) is 44.4. The van der Waals surface area contributed by atoms with E-state index in [1.165, 1.54) is 23.7 Å². The molecule has 0 saturated carbocycles. The zero-order valence-corrected chi connectivity index (χ0v) is 20.1. The van der Waals surface area contributed by atoms with Gasteiger partial charge in [-0.15, -0.1) is 11.3 Å². The zero-order valence-electron chi connectivity index (χ0n) is 18.5. The van der Waals surface area contributed by atoms with Gasteiger partial charge in [0.25, 0.3) is 5.56 Å². The summed E-state index contributed by atoms with van der Waals surface area (Å²) in [5, 5.41) is 4.05. The number of methoxy groups -OCH3 is 2. The van der Waals surface area contributed by atoms with Crippen LogP contribution >= 0.6 is 23.1 Å². The summed E-state index contributed by atoms with van der Waals surface area (Å²) < 4.78 is 11.5. The van der Waals surface area contributed by atoms with Crippen LogP contribution in [0.4, 0.5) is 5.69 Å². The van der Waals surface area contributed by atoms with Gasteiger partial charge in [0, 0.05) is 30.8 Å². The fourth-order valence-corrected chi connectivity index (χ4v) is 6.03. The van der Waals surface area contributed by atoms with Crippen molar-refractivity contribution in [3.8, 4) is 0 Å². The highest BCUT2D eigenvalue weighted by Gasteiger charge is 2.23. The van der Waals surface area contributed by atoms with Crippen molar-refractivity contribution >= 4 is 50.9 Å². The van der Waals surface area contributed by atoms with Gasteiger partial charge < -0.3 is 14.8 Å². The number of hydrogen-bond donors (Lipinski definition) is 1. The second-order valence-corrected chi connectivity index (χ2v) is 9.67. The quantitative estimate of drug-likeness (QED) is 0.213. The number of amides is 1. The summed E-state index contributed by atoms with van der Waals surface area (Å²) in [6, 6.07) is 6.56. The van der Waals surface area contributed by atoms with Gasteiger partial charge in [-0.25, -0.2) is 9.78 Å². The molecule has 0 aliphatic heterocycles. The number of esters is 1. The van der Waals surface area contributed by atoms with E-state index >= 15 is 0 Å². The highest BCUT2D eigenvalue weighted by molar-refractivity contribution is 7.99. The molecule has 2 heterocycles. The molecule has 4 rings (SSSR count). The molecule has 0 unspecified atom stereocenters. The number of ether oxygens (including phenoxy) is 2. The number of thiophene rings is 1. The molecule has 0 bridgehead atoms. The maximum absolute atomic E-state index is 13.4. The number of thioether (sulfide) groups is 1. The minimum absolute atomic E-state index is 0.0378. The number of anilines is 1. The van der Waals surface area contributed by atoms with Crippen molar-refractivity contribution in [1.82, 2.24) is 9.55 Å². The Morgan fingerprint density at radius 2 is 2.12 bits per heavy atom. The number of benzene rings is 1. The molecule has 1 amide bonds. The van der Waals surface area contributed by atoms with Crippen molar-refractivity contribution in [2.24, 2.45) is 0 Å². The standard InChI is InChI=1S/C23H25N3O5S2/c1-30-11-5-10-26-21(28)19-16-8-4-9-17(16)33-20(19)25-23(26)32-13-18(27)24-15-7-3-6-14(12-15)22(29)31-2/h3,6-7,12H,4-5,8-11,13H2,1-2H3,(H,24,27). The third kappa shape index (κ3) is 5.13. The van der Waals surface area contributed by atoms with Gasteiger partial charge in [-0.1, -0.05) is 17.8 Å². The van der Waals surface area contributed by atoms with Crippen LogP contribution in [0, 0.1) is 0 Å². The van der Waals surface area contributed by atoms with E-state index in [0.717, 1.165) is 35.0 Å². The van der Waals surface area contributed by atoms with Crippen LogP contribution in [0.2, 0.25) is 0 Å². The first-order chi connectivity index (χ1) is 16.0. The Morgan fingerprint density at radius 1 is 1.27 bits per heavy atom. The number of carbonyl (C=O) groups is 2. The summed E-state index contributed by atoms with van der Waals surface area (Å²) in [7, 11) is 2.94. The monoisotopic (exact) mass is 487 g/mol. The molecular weight excluding hydrogens is 462 g/mol. The Bertz CT molecular complexity index is 1250. The SMILES string of the molecule is COCCCn1c(SCC(=O)Nc2cccc(C(=O)OC)c2)nc2sc3c(c2c1=O)CCC3. The number of nitrogens with one attached hydrogen (secondary N) is 1. The first-order valence-electron chi connectivity index (χ1n) is 10.7. The Morgan fingerprint density at radius 3 is 2.91 bits per heavy atom. The van der Waals surface area contributed by atoms with Crippen LogP contribution in [-0.4, -0.2) is 48.0 Å². The molecule has 174 valence electrons. The maximum atomic E-state index is 13.4. The van der Waals surface area contributed by atoms with Crippen LogP contribution in [-0.2, 0) is 33.7 Å². The number of aromatic nitrogens is 2. The van der Waals surface area contributed by atoms with E-state index in [2.05, 4.69) is 5.32 Å². The number of fused-ring (bicyclic) bond motifs is 3. The van der Waals surface area contributed by atoms with Gasteiger partial charge in [0.2, 0.25) is 5.91 Å². The average Bonchev–Trinajstić information content (AvgIpc) is 3.40. The molecule has 0 atom stereocenters. The molecule has 2 aromatic heterocycles. The molecular formula is C23H25N3O5S2. The van der Waals surface area contributed by atoms with Crippen LogP contribution in [0.25, 0.3) is 10.2 Å². The lowest BCUT2D eigenvalue weighted by Gasteiger charge is -2.12. The predicted octanol–water partition coefficient (Wildman–Crippen LogP) is 3.50. The van der Waals surface area contributed by atoms with Crippen LogP contribution in [0.3, 0.4) is 0 Å². The second kappa shape index (κ2) is 10.5. The highest BCUT2D eigenvalue weighted by atomic mass is 32.2. The molecule has 0 saturated heterocycles. The molecule has 8 nitrogen and oxygen atoms in total.